The van der Waals surface area contributed by atoms with E-state index in [2.05, 4.69) is 16.8 Å². The summed E-state index contributed by atoms with van der Waals surface area (Å²) in [5, 5.41) is 4.21. The van der Waals surface area contributed by atoms with E-state index in [0.29, 0.717) is 6.61 Å². The minimum absolute atomic E-state index is 0.277. The minimum atomic E-state index is -0.277. The Balaban J connectivity index is 2.14. The molecule has 18 heavy (non-hydrogen) atoms. The van der Waals surface area contributed by atoms with Gasteiger partial charge in [-0.25, -0.2) is 4.79 Å². The lowest BCUT2D eigenvalue weighted by atomic mass is 10.1. The van der Waals surface area contributed by atoms with Crippen molar-refractivity contribution in [2.45, 2.75) is 6.92 Å². The monoisotopic (exact) mass is 256 g/mol. The number of rotatable bonds is 2. The molecule has 1 aliphatic rings. The zero-order chi connectivity index (χ0) is 12.5. The van der Waals surface area contributed by atoms with Gasteiger partial charge in [-0.15, -0.1) is 0 Å². The summed E-state index contributed by atoms with van der Waals surface area (Å²) in [6.07, 6.45) is 1.60. The zero-order valence-corrected chi connectivity index (χ0v) is 10.8. The first-order valence-electron chi connectivity index (χ1n) is 5.86. The van der Waals surface area contributed by atoms with Crippen LogP contribution in [-0.4, -0.2) is 12.6 Å². The molecule has 0 aliphatic heterocycles. The minimum Gasteiger partial charge on any atom is -0.463 e. The highest BCUT2D eigenvalue weighted by Gasteiger charge is 2.24. The average Bonchev–Trinajstić information content (AvgIpc) is 2.93. The van der Waals surface area contributed by atoms with Gasteiger partial charge >= 0.3 is 5.97 Å². The van der Waals surface area contributed by atoms with Crippen molar-refractivity contribution in [3.05, 3.63) is 52.2 Å². The van der Waals surface area contributed by atoms with Crippen LogP contribution in [0.1, 0.15) is 18.1 Å². The molecule has 2 nitrogen and oxygen atoms in total. The predicted molar refractivity (Wildman–Crippen MR) is 73.5 cm³/mol. The summed E-state index contributed by atoms with van der Waals surface area (Å²) in [4.78, 5) is 11.6. The molecule has 0 bridgehead atoms. The van der Waals surface area contributed by atoms with E-state index in [0.717, 1.165) is 16.7 Å². The first kappa shape index (κ1) is 11.2. The molecule has 0 unspecified atom stereocenters. The number of hydrogen-bond donors (Lipinski definition) is 0. The van der Waals surface area contributed by atoms with E-state index in [1.807, 2.05) is 25.1 Å². The number of carbonyl (C=O) groups excluding carboxylic acids is 1. The van der Waals surface area contributed by atoms with Crippen molar-refractivity contribution in [2.75, 3.05) is 6.61 Å². The van der Waals surface area contributed by atoms with Gasteiger partial charge in [0.1, 0.15) is 0 Å². The van der Waals surface area contributed by atoms with Gasteiger partial charge in [0.05, 0.1) is 6.61 Å². The molecule has 1 aromatic carbocycles. The molecule has 1 aliphatic carbocycles. The Bertz CT molecular complexity index is 637. The molecule has 1 heterocycles. The summed E-state index contributed by atoms with van der Waals surface area (Å²) in [6.45, 7) is 2.22. The standard InChI is InChI=1S/C15H12O2S/c1-2-17-15(16)7-12-10-5-3-4-6-11(10)13-8-18-9-14(12)13/h3-9H,2H2,1H3. The molecule has 0 amide bonds. The van der Waals surface area contributed by atoms with E-state index in [1.54, 1.807) is 17.4 Å². The number of thiophene rings is 1. The van der Waals surface area contributed by atoms with Gasteiger partial charge in [0.15, 0.2) is 0 Å². The summed E-state index contributed by atoms with van der Waals surface area (Å²) < 4.78 is 5.00. The molecule has 2 aromatic rings. The molecule has 90 valence electrons. The summed E-state index contributed by atoms with van der Waals surface area (Å²) in [6, 6.07) is 8.15. The van der Waals surface area contributed by atoms with Crippen LogP contribution in [0.15, 0.2) is 41.1 Å². The van der Waals surface area contributed by atoms with Crippen LogP contribution in [0.3, 0.4) is 0 Å². The summed E-state index contributed by atoms with van der Waals surface area (Å²) in [5.41, 5.74) is 5.63. The van der Waals surface area contributed by atoms with E-state index >= 15 is 0 Å². The first-order chi connectivity index (χ1) is 8.81. The third-order valence-corrected chi connectivity index (χ3v) is 3.75. The van der Waals surface area contributed by atoms with Crippen LogP contribution in [-0.2, 0) is 9.53 Å². The van der Waals surface area contributed by atoms with Crippen molar-refractivity contribution >= 4 is 22.9 Å². The van der Waals surface area contributed by atoms with Crippen molar-refractivity contribution in [2.24, 2.45) is 0 Å². The topological polar surface area (TPSA) is 26.3 Å². The maximum absolute atomic E-state index is 11.6. The van der Waals surface area contributed by atoms with Gasteiger partial charge in [0, 0.05) is 17.2 Å². The van der Waals surface area contributed by atoms with Crippen molar-refractivity contribution in [3.63, 3.8) is 0 Å². The van der Waals surface area contributed by atoms with E-state index in [-0.39, 0.29) is 5.97 Å². The summed E-state index contributed by atoms with van der Waals surface area (Å²) in [7, 11) is 0. The smallest absolute Gasteiger partial charge is 0.331 e. The Hall–Kier alpha value is -1.87. The second kappa shape index (κ2) is 4.42. The maximum Gasteiger partial charge on any atom is 0.331 e. The van der Waals surface area contributed by atoms with Crippen LogP contribution in [0.2, 0.25) is 0 Å². The highest BCUT2D eigenvalue weighted by atomic mass is 32.1. The first-order valence-corrected chi connectivity index (χ1v) is 6.80. The zero-order valence-electron chi connectivity index (χ0n) is 9.97. The fourth-order valence-electron chi connectivity index (χ4n) is 2.27. The molecule has 0 N–H and O–H groups in total. The number of ether oxygens (including phenoxy) is 1. The van der Waals surface area contributed by atoms with Gasteiger partial charge in [0.2, 0.25) is 0 Å². The molecule has 1 aromatic heterocycles. The Morgan fingerprint density at radius 2 is 1.89 bits per heavy atom. The van der Waals surface area contributed by atoms with Crippen LogP contribution in [0.4, 0.5) is 0 Å². The van der Waals surface area contributed by atoms with E-state index < -0.39 is 0 Å². The highest BCUT2D eigenvalue weighted by molar-refractivity contribution is 7.08. The van der Waals surface area contributed by atoms with Crippen molar-refractivity contribution in [1.82, 2.24) is 0 Å². The second-order valence-electron chi connectivity index (χ2n) is 4.05. The Morgan fingerprint density at radius 1 is 1.17 bits per heavy atom. The van der Waals surface area contributed by atoms with Crippen molar-refractivity contribution < 1.29 is 9.53 Å². The maximum atomic E-state index is 11.6. The fraction of sp³-hybridized carbons (Fsp3) is 0.133. The Morgan fingerprint density at radius 3 is 2.67 bits per heavy atom. The molecule has 0 saturated heterocycles. The average molecular weight is 256 g/mol. The number of hydrogen-bond acceptors (Lipinski definition) is 3. The summed E-state index contributed by atoms with van der Waals surface area (Å²) >= 11 is 1.66. The van der Waals surface area contributed by atoms with Gasteiger partial charge in [-0.2, -0.15) is 11.3 Å². The van der Waals surface area contributed by atoms with Crippen LogP contribution < -0.4 is 0 Å². The van der Waals surface area contributed by atoms with Gasteiger partial charge in [-0.1, -0.05) is 24.3 Å². The third-order valence-electron chi connectivity index (χ3n) is 3.01. The predicted octanol–water partition coefficient (Wildman–Crippen LogP) is 3.72. The number of fused-ring (bicyclic) bond motifs is 3. The lowest BCUT2D eigenvalue weighted by Crippen LogP contribution is -2.00. The Labute approximate surface area is 110 Å². The van der Waals surface area contributed by atoms with E-state index in [4.69, 9.17) is 4.74 Å². The van der Waals surface area contributed by atoms with Crippen LogP contribution in [0.5, 0.6) is 0 Å². The molecule has 0 saturated carbocycles. The molecule has 0 atom stereocenters. The van der Waals surface area contributed by atoms with Crippen molar-refractivity contribution in [3.8, 4) is 11.1 Å². The largest absolute Gasteiger partial charge is 0.463 e. The molecular weight excluding hydrogens is 244 g/mol. The molecular formula is C15H12O2S. The third kappa shape index (κ3) is 1.68. The van der Waals surface area contributed by atoms with Crippen molar-refractivity contribution in [1.29, 1.82) is 0 Å². The van der Waals surface area contributed by atoms with Gasteiger partial charge in [0.25, 0.3) is 0 Å². The normalized spacial score (nSPS) is 14.4. The van der Waals surface area contributed by atoms with Gasteiger partial charge < -0.3 is 4.74 Å². The summed E-state index contributed by atoms with van der Waals surface area (Å²) in [5.74, 6) is -0.277. The quantitative estimate of drug-likeness (QED) is 0.516. The SMILES string of the molecule is CCOC(=O)C=C1c2ccccc2-c2cscc21. The molecule has 3 heteroatoms. The lowest BCUT2D eigenvalue weighted by molar-refractivity contribution is -0.137. The molecule has 0 spiro atoms. The van der Waals surface area contributed by atoms with Gasteiger partial charge in [-0.3, -0.25) is 0 Å². The Kier molecular flexibility index (Phi) is 2.76. The molecule has 0 radical (unpaired) electrons. The van der Waals surface area contributed by atoms with Gasteiger partial charge in [-0.05, 0) is 34.4 Å². The number of carbonyl (C=O) groups is 1. The van der Waals surface area contributed by atoms with Crippen LogP contribution in [0.25, 0.3) is 16.7 Å². The van der Waals surface area contributed by atoms with Crippen LogP contribution >= 0.6 is 11.3 Å². The second-order valence-corrected chi connectivity index (χ2v) is 4.80. The fourth-order valence-corrected chi connectivity index (χ4v) is 3.12. The highest BCUT2D eigenvalue weighted by Crippen LogP contribution is 2.45. The van der Waals surface area contributed by atoms with Crippen LogP contribution in [0, 0.1) is 0 Å². The molecule has 0 fully saturated rings. The van der Waals surface area contributed by atoms with E-state index in [1.165, 1.54) is 11.1 Å². The lowest BCUT2D eigenvalue weighted by Gasteiger charge is -2.02. The number of esters is 1. The number of benzene rings is 1. The molecule has 3 rings (SSSR count). The van der Waals surface area contributed by atoms with E-state index in [9.17, 15) is 4.79 Å².